The van der Waals surface area contributed by atoms with Crippen LogP contribution in [-0.4, -0.2) is 25.3 Å². The summed E-state index contributed by atoms with van der Waals surface area (Å²) in [5.74, 6) is 1.44. The summed E-state index contributed by atoms with van der Waals surface area (Å²) >= 11 is 0. The second kappa shape index (κ2) is 4.53. The van der Waals surface area contributed by atoms with Gasteiger partial charge in [-0.3, -0.25) is 5.10 Å². The molecular weight excluding hydrogens is 240 g/mol. The molecule has 0 saturated heterocycles. The number of aromatic amines is 1. The molecule has 19 heavy (non-hydrogen) atoms. The molecule has 94 valence electrons. The molecule has 3 aromatic rings. The zero-order valence-electron chi connectivity index (χ0n) is 10.3. The molecule has 0 radical (unpaired) electrons. The molecule has 0 bridgehead atoms. The van der Waals surface area contributed by atoms with E-state index in [0.717, 1.165) is 17.0 Å². The molecular formula is C14H12N4O. The molecule has 0 fully saturated rings. The summed E-state index contributed by atoms with van der Waals surface area (Å²) in [5, 5.41) is 16.3. The molecule has 5 heteroatoms. The lowest BCUT2D eigenvalue weighted by atomic mass is 10.2. The molecule has 0 spiro atoms. The molecule has 2 N–H and O–H groups in total. The van der Waals surface area contributed by atoms with Crippen molar-refractivity contribution < 1.29 is 5.11 Å². The number of aromatic nitrogens is 4. The highest BCUT2D eigenvalue weighted by atomic mass is 16.3. The summed E-state index contributed by atoms with van der Waals surface area (Å²) in [6, 6.07) is 12.5. The maximum Gasteiger partial charge on any atom is 0.200 e. The third kappa shape index (κ3) is 2.30. The highest BCUT2D eigenvalue weighted by Crippen LogP contribution is 2.20. The van der Waals surface area contributed by atoms with Gasteiger partial charge in [-0.15, -0.1) is 0 Å². The monoisotopic (exact) mass is 252 g/mol. The van der Waals surface area contributed by atoms with E-state index >= 15 is 0 Å². The molecule has 0 unspecified atom stereocenters. The lowest BCUT2D eigenvalue weighted by molar-refractivity contribution is 0.475. The minimum absolute atomic E-state index is 0.226. The molecule has 1 aromatic carbocycles. The molecule has 2 aromatic heterocycles. The van der Waals surface area contributed by atoms with Crippen LogP contribution >= 0.6 is 0 Å². The number of rotatable bonds is 2. The Bertz CT molecular complexity index is 703. The fraction of sp³-hybridized carbons (Fsp3) is 0.0714. The number of phenolic OH excluding ortho intramolecular Hbond substituents is 1. The number of phenols is 1. The van der Waals surface area contributed by atoms with Crippen LogP contribution in [0.2, 0.25) is 0 Å². The first kappa shape index (κ1) is 11.4. The van der Waals surface area contributed by atoms with Crippen molar-refractivity contribution in [2.45, 2.75) is 6.92 Å². The Labute approximate surface area is 110 Å². The van der Waals surface area contributed by atoms with Gasteiger partial charge >= 0.3 is 0 Å². The molecule has 0 atom stereocenters. The predicted octanol–water partition coefficient (Wildman–Crippen LogP) is 2.55. The van der Waals surface area contributed by atoms with Gasteiger partial charge in [-0.2, -0.15) is 5.10 Å². The summed E-state index contributed by atoms with van der Waals surface area (Å²) in [4.78, 5) is 8.79. The van der Waals surface area contributed by atoms with Crippen LogP contribution in [0.5, 0.6) is 5.75 Å². The SMILES string of the molecule is Cc1cccc(-c2n[nH]c(-c3ccc(O)cc3)n2)n1. The smallest absolute Gasteiger partial charge is 0.200 e. The van der Waals surface area contributed by atoms with Crippen LogP contribution in [0.1, 0.15) is 5.69 Å². The van der Waals surface area contributed by atoms with E-state index in [2.05, 4.69) is 20.2 Å². The zero-order valence-corrected chi connectivity index (χ0v) is 10.3. The third-order valence-corrected chi connectivity index (χ3v) is 2.74. The first-order chi connectivity index (χ1) is 9.22. The van der Waals surface area contributed by atoms with E-state index in [1.165, 1.54) is 0 Å². The van der Waals surface area contributed by atoms with Crippen molar-refractivity contribution in [3.63, 3.8) is 0 Å². The standard InChI is InChI=1S/C14H12N4O/c1-9-3-2-4-12(15-9)14-16-13(17-18-14)10-5-7-11(19)8-6-10/h2-8,19H,1H3,(H,16,17,18). The van der Waals surface area contributed by atoms with Gasteiger partial charge in [-0.1, -0.05) is 6.07 Å². The zero-order chi connectivity index (χ0) is 13.2. The van der Waals surface area contributed by atoms with Crippen molar-refractivity contribution in [3.8, 4) is 28.7 Å². The highest BCUT2D eigenvalue weighted by molar-refractivity contribution is 5.59. The maximum atomic E-state index is 9.26. The third-order valence-electron chi connectivity index (χ3n) is 2.74. The molecule has 0 aliphatic carbocycles. The first-order valence-electron chi connectivity index (χ1n) is 5.88. The number of aromatic hydroxyl groups is 1. The largest absolute Gasteiger partial charge is 0.508 e. The van der Waals surface area contributed by atoms with Crippen LogP contribution in [-0.2, 0) is 0 Å². The van der Waals surface area contributed by atoms with Crippen LogP contribution in [0.4, 0.5) is 0 Å². The van der Waals surface area contributed by atoms with Gasteiger partial charge in [0.15, 0.2) is 11.6 Å². The van der Waals surface area contributed by atoms with Crippen molar-refractivity contribution in [2.24, 2.45) is 0 Å². The number of benzene rings is 1. The summed E-state index contributed by atoms with van der Waals surface area (Å²) in [6.45, 7) is 1.93. The molecule has 2 heterocycles. The van der Waals surface area contributed by atoms with Crippen molar-refractivity contribution in [3.05, 3.63) is 48.2 Å². The van der Waals surface area contributed by atoms with Gasteiger partial charge in [0.05, 0.1) is 0 Å². The minimum atomic E-state index is 0.226. The van der Waals surface area contributed by atoms with Gasteiger partial charge in [0.1, 0.15) is 11.4 Å². The number of aryl methyl sites for hydroxylation is 1. The minimum Gasteiger partial charge on any atom is -0.508 e. The average Bonchev–Trinajstić information content (AvgIpc) is 2.89. The maximum absolute atomic E-state index is 9.26. The van der Waals surface area contributed by atoms with E-state index in [4.69, 9.17) is 0 Å². The molecule has 5 nitrogen and oxygen atoms in total. The van der Waals surface area contributed by atoms with E-state index < -0.39 is 0 Å². The van der Waals surface area contributed by atoms with Gasteiger partial charge < -0.3 is 5.11 Å². The first-order valence-corrected chi connectivity index (χ1v) is 5.88. The Balaban J connectivity index is 1.97. The summed E-state index contributed by atoms with van der Waals surface area (Å²) in [7, 11) is 0. The Kier molecular flexibility index (Phi) is 2.72. The van der Waals surface area contributed by atoms with Crippen molar-refractivity contribution in [1.82, 2.24) is 20.2 Å². The molecule has 0 saturated carbocycles. The second-order valence-corrected chi connectivity index (χ2v) is 4.22. The lowest BCUT2D eigenvalue weighted by Crippen LogP contribution is -1.87. The number of nitrogens with zero attached hydrogens (tertiary/aromatic N) is 3. The van der Waals surface area contributed by atoms with Gasteiger partial charge in [-0.25, -0.2) is 9.97 Å². The van der Waals surface area contributed by atoms with E-state index in [-0.39, 0.29) is 5.75 Å². The van der Waals surface area contributed by atoms with E-state index in [9.17, 15) is 5.11 Å². The highest BCUT2D eigenvalue weighted by Gasteiger charge is 2.08. The van der Waals surface area contributed by atoms with Crippen LogP contribution in [0, 0.1) is 6.92 Å². The van der Waals surface area contributed by atoms with Crippen LogP contribution in [0.25, 0.3) is 22.9 Å². The van der Waals surface area contributed by atoms with Gasteiger partial charge in [0.25, 0.3) is 0 Å². The molecule has 0 amide bonds. The Morgan fingerprint density at radius 3 is 2.53 bits per heavy atom. The number of hydrogen-bond acceptors (Lipinski definition) is 4. The van der Waals surface area contributed by atoms with E-state index in [1.54, 1.807) is 24.3 Å². The lowest BCUT2D eigenvalue weighted by Gasteiger charge is -1.96. The quantitative estimate of drug-likeness (QED) is 0.735. The van der Waals surface area contributed by atoms with E-state index in [1.807, 2.05) is 25.1 Å². The Hall–Kier alpha value is -2.69. The van der Waals surface area contributed by atoms with Gasteiger partial charge in [-0.05, 0) is 43.3 Å². The normalized spacial score (nSPS) is 10.6. The predicted molar refractivity (Wildman–Crippen MR) is 71.5 cm³/mol. The average molecular weight is 252 g/mol. The fourth-order valence-electron chi connectivity index (χ4n) is 1.79. The summed E-state index contributed by atoms with van der Waals surface area (Å²) in [6.07, 6.45) is 0. The van der Waals surface area contributed by atoms with Crippen LogP contribution in [0.3, 0.4) is 0 Å². The summed E-state index contributed by atoms with van der Waals surface area (Å²) < 4.78 is 0. The number of pyridine rings is 1. The van der Waals surface area contributed by atoms with Gasteiger partial charge in [0, 0.05) is 11.3 Å². The van der Waals surface area contributed by atoms with Crippen LogP contribution in [0.15, 0.2) is 42.5 Å². The summed E-state index contributed by atoms with van der Waals surface area (Å²) in [5.41, 5.74) is 2.53. The van der Waals surface area contributed by atoms with Crippen molar-refractivity contribution in [1.29, 1.82) is 0 Å². The molecule has 0 aliphatic rings. The second-order valence-electron chi connectivity index (χ2n) is 4.22. The Morgan fingerprint density at radius 2 is 1.79 bits per heavy atom. The topological polar surface area (TPSA) is 74.7 Å². The van der Waals surface area contributed by atoms with E-state index in [0.29, 0.717) is 11.6 Å². The van der Waals surface area contributed by atoms with Crippen LogP contribution < -0.4 is 0 Å². The van der Waals surface area contributed by atoms with Gasteiger partial charge in [0.2, 0.25) is 0 Å². The number of hydrogen-bond donors (Lipinski definition) is 2. The fourth-order valence-corrected chi connectivity index (χ4v) is 1.79. The Morgan fingerprint density at radius 1 is 1.00 bits per heavy atom. The number of nitrogens with one attached hydrogen (secondary N) is 1. The molecule has 3 rings (SSSR count). The van der Waals surface area contributed by atoms with Crippen molar-refractivity contribution in [2.75, 3.05) is 0 Å². The molecule has 0 aliphatic heterocycles. The van der Waals surface area contributed by atoms with Crippen molar-refractivity contribution >= 4 is 0 Å². The number of H-pyrrole nitrogens is 1.